The molecule has 0 bridgehead atoms. The molecular formula is C15H19N3O2S. The van der Waals surface area contributed by atoms with E-state index in [1.807, 2.05) is 31.1 Å². The van der Waals surface area contributed by atoms with E-state index in [1.165, 1.54) is 0 Å². The quantitative estimate of drug-likeness (QED) is 0.886. The lowest BCUT2D eigenvalue weighted by Gasteiger charge is -2.14. The summed E-state index contributed by atoms with van der Waals surface area (Å²) in [7, 11) is 0.214. The minimum Gasteiger partial charge on any atom is -0.378 e. The van der Waals surface area contributed by atoms with Gasteiger partial charge in [-0.25, -0.2) is 8.42 Å². The first-order valence-corrected chi connectivity index (χ1v) is 8.00. The molecule has 5 nitrogen and oxygen atoms in total. The molecule has 2 aromatic carbocycles. The number of nitrogens with two attached hydrogens (primary N) is 1. The third-order valence-electron chi connectivity index (χ3n) is 3.08. The van der Waals surface area contributed by atoms with Gasteiger partial charge in [-0.1, -0.05) is 18.2 Å². The lowest BCUT2D eigenvalue weighted by atomic mass is 10.2. The van der Waals surface area contributed by atoms with Crippen molar-refractivity contribution >= 4 is 21.4 Å². The fourth-order valence-corrected chi connectivity index (χ4v) is 2.92. The molecule has 2 rings (SSSR count). The van der Waals surface area contributed by atoms with Crippen LogP contribution in [0.15, 0.2) is 53.4 Å². The monoisotopic (exact) mass is 305 g/mol. The van der Waals surface area contributed by atoms with Crippen LogP contribution in [0.1, 0.15) is 5.56 Å². The first kappa shape index (κ1) is 15.3. The Morgan fingerprint density at radius 2 is 1.76 bits per heavy atom. The molecule has 0 heterocycles. The zero-order chi connectivity index (χ0) is 15.5. The summed E-state index contributed by atoms with van der Waals surface area (Å²) < 4.78 is 27.2. The highest BCUT2D eigenvalue weighted by atomic mass is 32.2. The van der Waals surface area contributed by atoms with Crippen LogP contribution in [0.4, 0.5) is 11.4 Å². The second-order valence-electron chi connectivity index (χ2n) is 4.90. The molecule has 0 aliphatic carbocycles. The van der Waals surface area contributed by atoms with Crippen LogP contribution in [0.25, 0.3) is 0 Å². The van der Waals surface area contributed by atoms with Crippen molar-refractivity contribution in [3.05, 3.63) is 54.1 Å². The van der Waals surface area contributed by atoms with Gasteiger partial charge in [0.05, 0.1) is 10.6 Å². The van der Waals surface area contributed by atoms with Gasteiger partial charge in [0.25, 0.3) is 10.0 Å². The molecule has 6 heteroatoms. The van der Waals surface area contributed by atoms with Crippen LogP contribution < -0.4 is 15.4 Å². The molecular weight excluding hydrogens is 286 g/mol. The maximum absolute atomic E-state index is 12.3. The Bertz CT molecular complexity index is 710. The maximum atomic E-state index is 12.3. The van der Waals surface area contributed by atoms with E-state index in [1.54, 1.807) is 36.4 Å². The first-order chi connectivity index (χ1) is 9.92. The van der Waals surface area contributed by atoms with Crippen LogP contribution >= 0.6 is 0 Å². The van der Waals surface area contributed by atoms with Crippen molar-refractivity contribution in [2.45, 2.75) is 11.4 Å². The van der Waals surface area contributed by atoms with E-state index in [9.17, 15) is 8.42 Å². The van der Waals surface area contributed by atoms with Crippen LogP contribution in [-0.2, 0) is 16.6 Å². The highest BCUT2D eigenvalue weighted by molar-refractivity contribution is 7.92. The Hall–Kier alpha value is -2.05. The predicted octanol–water partition coefficient (Wildman–Crippen LogP) is 2.01. The second kappa shape index (κ2) is 6.15. The number of hydrogen-bond acceptors (Lipinski definition) is 4. The summed E-state index contributed by atoms with van der Waals surface area (Å²) in [6.07, 6.45) is 0. The Balaban J connectivity index is 2.26. The minimum atomic E-state index is -3.59. The summed E-state index contributed by atoms with van der Waals surface area (Å²) in [5.74, 6) is 0. The van der Waals surface area contributed by atoms with E-state index < -0.39 is 10.0 Å². The molecule has 0 saturated heterocycles. The summed E-state index contributed by atoms with van der Waals surface area (Å²) in [5.41, 5.74) is 7.86. The van der Waals surface area contributed by atoms with Gasteiger partial charge in [-0.3, -0.25) is 4.72 Å². The van der Waals surface area contributed by atoms with E-state index in [0.29, 0.717) is 12.2 Å². The smallest absolute Gasteiger partial charge is 0.261 e. The average molecular weight is 305 g/mol. The molecule has 112 valence electrons. The van der Waals surface area contributed by atoms with Gasteiger partial charge in [0.15, 0.2) is 0 Å². The van der Waals surface area contributed by atoms with Crippen LogP contribution in [-0.4, -0.2) is 22.5 Å². The van der Waals surface area contributed by atoms with Crippen molar-refractivity contribution in [2.75, 3.05) is 23.7 Å². The molecule has 2 aromatic rings. The summed E-state index contributed by atoms with van der Waals surface area (Å²) >= 11 is 0. The van der Waals surface area contributed by atoms with E-state index in [-0.39, 0.29) is 4.90 Å². The number of benzene rings is 2. The number of anilines is 2. The molecule has 0 fully saturated rings. The molecule has 0 unspecified atom stereocenters. The van der Waals surface area contributed by atoms with E-state index in [4.69, 9.17) is 5.73 Å². The largest absolute Gasteiger partial charge is 0.378 e. The molecule has 0 aliphatic rings. The van der Waals surface area contributed by atoms with Crippen molar-refractivity contribution in [1.82, 2.24) is 0 Å². The van der Waals surface area contributed by atoms with Gasteiger partial charge in [-0.2, -0.15) is 0 Å². The van der Waals surface area contributed by atoms with E-state index >= 15 is 0 Å². The zero-order valence-corrected chi connectivity index (χ0v) is 12.9. The summed E-state index contributed by atoms with van der Waals surface area (Å²) in [5, 5.41) is 0. The van der Waals surface area contributed by atoms with Crippen LogP contribution in [0.2, 0.25) is 0 Å². The topological polar surface area (TPSA) is 75.4 Å². The number of sulfonamides is 1. The summed E-state index contributed by atoms with van der Waals surface area (Å²) in [6, 6.07) is 13.8. The molecule has 0 spiro atoms. The van der Waals surface area contributed by atoms with Crippen molar-refractivity contribution in [3.8, 4) is 0 Å². The number of nitrogens with one attached hydrogen (secondary N) is 1. The highest BCUT2D eigenvalue weighted by Crippen LogP contribution is 2.21. The number of hydrogen-bond donors (Lipinski definition) is 2. The van der Waals surface area contributed by atoms with Crippen molar-refractivity contribution in [3.63, 3.8) is 0 Å². The average Bonchev–Trinajstić information content (AvgIpc) is 2.47. The lowest BCUT2D eigenvalue weighted by Crippen LogP contribution is -2.14. The molecule has 0 aromatic heterocycles. The van der Waals surface area contributed by atoms with Gasteiger partial charge in [0.1, 0.15) is 0 Å². The normalized spacial score (nSPS) is 11.2. The molecule has 3 N–H and O–H groups in total. The molecule has 0 saturated carbocycles. The van der Waals surface area contributed by atoms with Crippen molar-refractivity contribution < 1.29 is 8.42 Å². The molecule has 0 atom stereocenters. The second-order valence-corrected chi connectivity index (χ2v) is 6.58. The molecule has 21 heavy (non-hydrogen) atoms. The predicted molar refractivity (Wildman–Crippen MR) is 85.9 cm³/mol. The Morgan fingerprint density at radius 3 is 2.33 bits per heavy atom. The van der Waals surface area contributed by atoms with Gasteiger partial charge in [0, 0.05) is 26.3 Å². The Morgan fingerprint density at radius 1 is 1.10 bits per heavy atom. The van der Waals surface area contributed by atoms with Gasteiger partial charge in [0.2, 0.25) is 0 Å². The van der Waals surface area contributed by atoms with Crippen LogP contribution in [0.5, 0.6) is 0 Å². The van der Waals surface area contributed by atoms with Gasteiger partial charge < -0.3 is 10.6 Å². The SMILES string of the molecule is CN(C)c1cccc(NS(=O)(=O)c2ccc(CN)cc2)c1. The molecule has 0 amide bonds. The maximum Gasteiger partial charge on any atom is 0.261 e. The van der Waals surface area contributed by atoms with Crippen molar-refractivity contribution in [2.24, 2.45) is 5.73 Å². The van der Waals surface area contributed by atoms with Crippen LogP contribution in [0.3, 0.4) is 0 Å². The van der Waals surface area contributed by atoms with Crippen LogP contribution in [0, 0.1) is 0 Å². The third kappa shape index (κ3) is 3.74. The van der Waals surface area contributed by atoms with E-state index in [2.05, 4.69) is 4.72 Å². The fourth-order valence-electron chi connectivity index (χ4n) is 1.87. The zero-order valence-electron chi connectivity index (χ0n) is 12.1. The van der Waals surface area contributed by atoms with Gasteiger partial charge in [-0.15, -0.1) is 0 Å². The third-order valence-corrected chi connectivity index (χ3v) is 4.48. The summed E-state index contributed by atoms with van der Waals surface area (Å²) in [4.78, 5) is 2.13. The minimum absolute atomic E-state index is 0.218. The number of nitrogens with zero attached hydrogens (tertiary/aromatic N) is 1. The standard InChI is InChI=1S/C15H19N3O2S/c1-18(2)14-5-3-4-13(10-14)17-21(19,20)15-8-6-12(11-16)7-9-15/h3-10,17H,11,16H2,1-2H3. The first-order valence-electron chi connectivity index (χ1n) is 6.51. The number of rotatable bonds is 5. The lowest BCUT2D eigenvalue weighted by molar-refractivity contribution is 0.601. The van der Waals surface area contributed by atoms with E-state index in [0.717, 1.165) is 11.3 Å². The Kier molecular flexibility index (Phi) is 4.50. The highest BCUT2D eigenvalue weighted by Gasteiger charge is 2.14. The van der Waals surface area contributed by atoms with Crippen molar-refractivity contribution in [1.29, 1.82) is 0 Å². The Labute approximate surface area is 125 Å². The molecule has 0 aliphatic heterocycles. The fraction of sp³-hybridized carbons (Fsp3) is 0.200. The van der Waals surface area contributed by atoms with Gasteiger partial charge >= 0.3 is 0 Å². The molecule has 0 radical (unpaired) electrons. The summed E-state index contributed by atoms with van der Waals surface area (Å²) in [6.45, 7) is 0.388. The van der Waals surface area contributed by atoms with Gasteiger partial charge in [-0.05, 0) is 35.9 Å².